The van der Waals surface area contributed by atoms with Gasteiger partial charge in [0.15, 0.2) is 0 Å². The molecule has 1 saturated carbocycles. The third kappa shape index (κ3) is 5.58. The van der Waals surface area contributed by atoms with Crippen molar-refractivity contribution in [2.45, 2.75) is 57.7 Å². The predicted octanol–water partition coefficient (Wildman–Crippen LogP) is 5.66. The molecular weight excluding hydrogens is 483 g/mol. The van der Waals surface area contributed by atoms with Crippen LogP contribution >= 0.6 is 0 Å². The number of hydrogen-bond donors (Lipinski definition) is 2. The van der Waals surface area contributed by atoms with Gasteiger partial charge >= 0.3 is 6.18 Å². The molecule has 2 N–H and O–H groups in total. The van der Waals surface area contributed by atoms with E-state index in [2.05, 4.69) is 22.1 Å². The number of fused-ring (bicyclic) bond motifs is 1. The van der Waals surface area contributed by atoms with E-state index < -0.39 is 17.8 Å². The number of amides is 1. The molecule has 0 bridgehead atoms. The maximum atomic E-state index is 13.1. The van der Waals surface area contributed by atoms with Gasteiger partial charge in [-0.05, 0) is 74.6 Å². The van der Waals surface area contributed by atoms with Crippen LogP contribution in [0.25, 0.3) is 10.9 Å². The van der Waals surface area contributed by atoms with Crippen LogP contribution in [0.5, 0.6) is 0 Å². The minimum atomic E-state index is -4.64. The highest BCUT2D eigenvalue weighted by atomic mass is 19.4. The number of carbonyl (C=O) groups is 1. The second kappa shape index (κ2) is 10.3. The predicted molar refractivity (Wildman–Crippen MR) is 136 cm³/mol. The molecule has 0 atom stereocenters. The van der Waals surface area contributed by atoms with Crippen molar-refractivity contribution in [1.29, 1.82) is 0 Å². The Labute approximate surface area is 213 Å². The Balaban J connectivity index is 1.47. The Kier molecular flexibility index (Phi) is 7.11. The summed E-state index contributed by atoms with van der Waals surface area (Å²) in [5.74, 6) is 0.256. The van der Waals surface area contributed by atoms with Crippen LogP contribution in [0, 0.1) is 11.8 Å². The summed E-state index contributed by atoms with van der Waals surface area (Å²) in [5, 5.41) is 18.1. The highest BCUT2D eigenvalue weighted by molar-refractivity contribution is 6.06. The van der Waals surface area contributed by atoms with E-state index >= 15 is 0 Å². The van der Waals surface area contributed by atoms with Gasteiger partial charge in [0.1, 0.15) is 11.4 Å². The van der Waals surface area contributed by atoms with Crippen LogP contribution in [-0.4, -0.2) is 45.5 Å². The molecule has 1 amide bonds. The van der Waals surface area contributed by atoms with E-state index in [0.29, 0.717) is 24.8 Å². The second-order valence-corrected chi connectivity index (χ2v) is 10.4. The summed E-state index contributed by atoms with van der Waals surface area (Å²) in [5.41, 5.74) is 0.688. The maximum absolute atomic E-state index is 13.1. The van der Waals surface area contributed by atoms with E-state index in [1.54, 1.807) is 0 Å². The molecule has 0 spiro atoms. The number of rotatable bonds is 5. The van der Waals surface area contributed by atoms with E-state index in [1.165, 1.54) is 12.1 Å². The number of pyridine rings is 1. The van der Waals surface area contributed by atoms with E-state index in [1.807, 2.05) is 23.0 Å². The third-order valence-corrected chi connectivity index (χ3v) is 7.73. The standard InChI is InChI=1S/C27H32F3N5O2/c1-17-5-7-20(8-6-17)35-15-19-13-23(32-26(37)21-3-2-4-25(31-21)27(28,29)30)24(14-22(19)33-35)34-11-9-18(16-36)10-12-34/h2-4,13-15,17-18,20,36H,5-12,16H2,1H3,(H,32,37)/t17-,20-. The summed E-state index contributed by atoms with van der Waals surface area (Å²) < 4.78 is 41.5. The van der Waals surface area contributed by atoms with Crippen LogP contribution in [-0.2, 0) is 6.18 Å². The first-order valence-corrected chi connectivity index (χ1v) is 13.0. The molecule has 198 valence electrons. The zero-order valence-corrected chi connectivity index (χ0v) is 20.8. The van der Waals surface area contributed by atoms with Crippen molar-refractivity contribution in [3.8, 4) is 0 Å². The number of piperidine rings is 1. The number of nitrogens with zero attached hydrogens (tertiary/aromatic N) is 4. The number of nitrogens with one attached hydrogen (secondary N) is 1. The van der Waals surface area contributed by atoms with Crippen LogP contribution in [0.1, 0.15) is 67.7 Å². The first-order valence-electron chi connectivity index (χ1n) is 13.0. The topological polar surface area (TPSA) is 83.3 Å². The number of hydrogen-bond acceptors (Lipinski definition) is 5. The summed E-state index contributed by atoms with van der Waals surface area (Å²) in [7, 11) is 0. The zero-order chi connectivity index (χ0) is 26.2. The van der Waals surface area contributed by atoms with Crippen LogP contribution in [0.4, 0.5) is 24.5 Å². The van der Waals surface area contributed by atoms with E-state index in [4.69, 9.17) is 5.10 Å². The van der Waals surface area contributed by atoms with Gasteiger partial charge in [0.05, 0.1) is 22.9 Å². The van der Waals surface area contributed by atoms with Gasteiger partial charge in [0, 0.05) is 31.3 Å². The number of aliphatic hydroxyl groups is 1. The summed E-state index contributed by atoms with van der Waals surface area (Å²) in [4.78, 5) is 18.7. The second-order valence-electron chi connectivity index (χ2n) is 10.4. The van der Waals surface area contributed by atoms with Crippen LogP contribution in [0.2, 0.25) is 0 Å². The minimum Gasteiger partial charge on any atom is -0.396 e. The number of anilines is 2. The summed E-state index contributed by atoms with van der Waals surface area (Å²) in [6.07, 6.45) is 3.45. The molecule has 2 fully saturated rings. The molecule has 1 aliphatic carbocycles. The third-order valence-electron chi connectivity index (χ3n) is 7.73. The molecule has 1 aliphatic heterocycles. The fourth-order valence-electron chi connectivity index (χ4n) is 5.40. The zero-order valence-electron chi connectivity index (χ0n) is 20.8. The molecular formula is C27H32F3N5O2. The van der Waals surface area contributed by atoms with E-state index in [-0.39, 0.29) is 18.2 Å². The molecule has 2 aliphatic rings. The quantitative estimate of drug-likeness (QED) is 0.458. The molecule has 3 heterocycles. The normalized spacial score (nSPS) is 21.4. The molecule has 2 aromatic heterocycles. The van der Waals surface area contributed by atoms with Crippen LogP contribution in [0.15, 0.2) is 36.5 Å². The largest absolute Gasteiger partial charge is 0.433 e. The Bertz CT molecular complexity index is 1260. The summed E-state index contributed by atoms with van der Waals surface area (Å²) >= 11 is 0. The Morgan fingerprint density at radius 2 is 1.84 bits per heavy atom. The highest BCUT2D eigenvalue weighted by Gasteiger charge is 2.33. The molecule has 1 saturated heterocycles. The molecule has 1 aromatic carbocycles. The van der Waals surface area contributed by atoms with Crippen molar-refractivity contribution in [3.63, 3.8) is 0 Å². The van der Waals surface area contributed by atoms with E-state index in [0.717, 1.165) is 67.1 Å². The molecule has 5 rings (SSSR count). The average Bonchev–Trinajstić information content (AvgIpc) is 3.31. The van der Waals surface area contributed by atoms with Gasteiger partial charge in [0.25, 0.3) is 5.91 Å². The smallest absolute Gasteiger partial charge is 0.396 e. The lowest BCUT2D eigenvalue weighted by atomic mass is 9.87. The van der Waals surface area contributed by atoms with Gasteiger partial charge < -0.3 is 15.3 Å². The lowest BCUT2D eigenvalue weighted by Gasteiger charge is -2.34. The minimum absolute atomic E-state index is 0.141. The van der Waals surface area contributed by atoms with Crippen molar-refractivity contribution in [3.05, 3.63) is 47.9 Å². The van der Waals surface area contributed by atoms with Crippen molar-refractivity contribution < 1.29 is 23.1 Å². The SMILES string of the molecule is C[C@H]1CC[C@H](n2cc3cc(NC(=O)c4cccc(C(F)(F)F)n4)c(N4CCC(CO)CC4)cc3n2)CC1. The molecule has 7 nitrogen and oxygen atoms in total. The summed E-state index contributed by atoms with van der Waals surface area (Å²) in [6.45, 7) is 3.81. The van der Waals surface area contributed by atoms with Gasteiger partial charge in [-0.15, -0.1) is 0 Å². The fraction of sp³-hybridized carbons (Fsp3) is 0.519. The van der Waals surface area contributed by atoms with Gasteiger partial charge in [-0.3, -0.25) is 9.48 Å². The molecule has 0 radical (unpaired) electrons. The Morgan fingerprint density at radius 1 is 1.11 bits per heavy atom. The van der Waals surface area contributed by atoms with Crippen molar-refractivity contribution in [2.24, 2.45) is 11.8 Å². The number of carbonyl (C=O) groups excluding carboxylic acids is 1. The lowest BCUT2D eigenvalue weighted by molar-refractivity contribution is -0.141. The maximum Gasteiger partial charge on any atom is 0.433 e. The number of halogens is 3. The fourth-order valence-corrected chi connectivity index (χ4v) is 5.40. The van der Waals surface area contributed by atoms with Crippen molar-refractivity contribution in [2.75, 3.05) is 29.9 Å². The van der Waals surface area contributed by atoms with Crippen molar-refractivity contribution >= 4 is 28.2 Å². The van der Waals surface area contributed by atoms with Crippen LogP contribution < -0.4 is 10.2 Å². The average molecular weight is 516 g/mol. The summed E-state index contributed by atoms with van der Waals surface area (Å²) in [6, 6.07) is 7.44. The Hall–Kier alpha value is -3.14. The number of benzene rings is 1. The molecule has 37 heavy (non-hydrogen) atoms. The van der Waals surface area contributed by atoms with Gasteiger partial charge in [-0.25, -0.2) is 4.98 Å². The first-order chi connectivity index (χ1) is 17.7. The number of alkyl halides is 3. The molecule has 0 unspecified atom stereocenters. The molecule has 10 heteroatoms. The number of aliphatic hydroxyl groups excluding tert-OH is 1. The van der Waals surface area contributed by atoms with Crippen LogP contribution in [0.3, 0.4) is 0 Å². The monoisotopic (exact) mass is 515 g/mol. The molecule has 3 aromatic rings. The van der Waals surface area contributed by atoms with Gasteiger partial charge in [-0.1, -0.05) is 13.0 Å². The van der Waals surface area contributed by atoms with E-state index in [9.17, 15) is 23.1 Å². The lowest BCUT2D eigenvalue weighted by Crippen LogP contribution is -2.35. The highest BCUT2D eigenvalue weighted by Crippen LogP contribution is 2.37. The van der Waals surface area contributed by atoms with Crippen molar-refractivity contribution in [1.82, 2.24) is 14.8 Å². The first kappa shape index (κ1) is 25.5. The van der Waals surface area contributed by atoms with Gasteiger partial charge in [0.2, 0.25) is 0 Å². The van der Waals surface area contributed by atoms with Gasteiger partial charge in [-0.2, -0.15) is 18.3 Å². The Morgan fingerprint density at radius 3 is 2.51 bits per heavy atom. The number of aromatic nitrogens is 3.